The predicted octanol–water partition coefficient (Wildman–Crippen LogP) is 3.77. The topological polar surface area (TPSA) is 46.2 Å². The highest BCUT2D eigenvalue weighted by atomic mass is 35.5. The van der Waals surface area contributed by atoms with Crippen LogP contribution in [0.15, 0.2) is 18.2 Å². The number of halogens is 2. The first-order chi connectivity index (χ1) is 8.35. The SMILES string of the molecule is CCCCS(=O)(=O)N[C@H](C)c1ccc(Cl)cc1Cl. The van der Waals surface area contributed by atoms with Gasteiger partial charge in [0, 0.05) is 16.1 Å². The Morgan fingerprint density at radius 2 is 2.00 bits per heavy atom. The first-order valence-electron chi connectivity index (χ1n) is 5.80. The Bertz CT molecular complexity index is 503. The molecule has 0 aliphatic heterocycles. The minimum Gasteiger partial charge on any atom is -0.212 e. The highest BCUT2D eigenvalue weighted by molar-refractivity contribution is 7.89. The van der Waals surface area contributed by atoms with E-state index in [1.165, 1.54) is 0 Å². The molecule has 18 heavy (non-hydrogen) atoms. The average molecular weight is 310 g/mol. The number of unbranched alkanes of at least 4 members (excludes halogenated alkanes) is 1. The van der Waals surface area contributed by atoms with Crippen LogP contribution in [0.4, 0.5) is 0 Å². The van der Waals surface area contributed by atoms with Gasteiger partial charge in [-0.2, -0.15) is 0 Å². The largest absolute Gasteiger partial charge is 0.212 e. The van der Waals surface area contributed by atoms with E-state index in [-0.39, 0.29) is 11.8 Å². The lowest BCUT2D eigenvalue weighted by Crippen LogP contribution is -2.29. The molecule has 0 bridgehead atoms. The van der Waals surface area contributed by atoms with E-state index in [9.17, 15) is 8.42 Å². The molecule has 1 rings (SSSR count). The maximum Gasteiger partial charge on any atom is 0.212 e. The van der Waals surface area contributed by atoms with E-state index in [1.807, 2.05) is 6.92 Å². The molecule has 0 aliphatic rings. The van der Waals surface area contributed by atoms with Gasteiger partial charge in [-0.25, -0.2) is 13.1 Å². The van der Waals surface area contributed by atoms with Crippen molar-refractivity contribution in [1.82, 2.24) is 4.72 Å². The van der Waals surface area contributed by atoms with Gasteiger partial charge in [0.25, 0.3) is 0 Å². The summed E-state index contributed by atoms with van der Waals surface area (Å²) in [6.45, 7) is 3.72. The molecule has 0 fully saturated rings. The van der Waals surface area contributed by atoms with Crippen LogP contribution < -0.4 is 4.72 Å². The van der Waals surface area contributed by atoms with Crippen LogP contribution in [0, 0.1) is 0 Å². The summed E-state index contributed by atoms with van der Waals surface area (Å²) >= 11 is 11.8. The quantitative estimate of drug-likeness (QED) is 0.869. The number of benzene rings is 1. The van der Waals surface area contributed by atoms with Gasteiger partial charge < -0.3 is 0 Å². The van der Waals surface area contributed by atoms with Crippen LogP contribution in [-0.4, -0.2) is 14.2 Å². The molecule has 0 saturated carbocycles. The molecular weight excluding hydrogens is 293 g/mol. The molecule has 6 heteroatoms. The number of nitrogens with one attached hydrogen (secondary N) is 1. The minimum atomic E-state index is -3.26. The Labute approximate surface area is 119 Å². The van der Waals surface area contributed by atoms with Crippen LogP contribution >= 0.6 is 23.2 Å². The predicted molar refractivity (Wildman–Crippen MR) is 76.7 cm³/mol. The van der Waals surface area contributed by atoms with Crippen molar-refractivity contribution in [1.29, 1.82) is 0 Å². The van der Waals surface area contributed by atoms with Crippen molar-refractivity contribution in [3.63, 3.8) is 0 Å². The molecule has 0 aliphatic carbocycles. The minimum absolute atomic E-state index is 0.138. The molecule has 102 valence electrons. The van der Waals surface area contributed by atoms with Crippen molar-refractivity contribution < 1.29 is 8.42 Å². The summed E-state index contributed by atoms with van der Waals surface area (Å²) in [5.74, 6) is 0.138. The van der Waals surface area contributed by atoms with E-state index in [4.69, 9.17) is 23.2 Å². The van der Waals surface area contributed by atoms with Crippen LogP contribution in [0.1, 0.15) is 38.3 Å². The molecule has 1 atom stereocenters. The number of hydrogen-bond acceptors (Lipinski definition) is 2. The Balaban J connectivity index is 2.79. The Morgan fingerprint density at radius 3 is 2.56 bits per heavy atom. The number of hydrogen-bond donors (Lipinski definition) is 1. The van der Waals surface area contributed by atoms with Gasteiger partial charge in [-0.3, -0.25) is 0 Å². The van der Waals surface area contributed by atoms with Crippen LogP contribution in [0.25, 0.3) is 0 Å². The molecule has 1 N–H and O–H groups in total. The van der Waals surface area contributed by atoms with Gasteiger partial charge in [0.05, 0.1) is 5.75 Å². The zero-order chi connectivity index (χ0) is 13.8. The van der Waals surface area contributed by atoms with Gasteiger partial charge in [0.2, 0.25) is 10.0 Å². The summed E-state index contributed by atoms with van der Waals surface area (Å²) in [5, 5.41) is 0.998. The second-order valence-corrected chi connectivity index (χ2v) is 6.89. The van der Waals surface area contributed by atoms with E-state index in [1.54, 1.807) is 25.1 Å². The second-order valence-electron chi connectivity index (χ2n) is 4.18. The van der Waals surface area contributed by atoms with Crippen molar-refractivity contribution in [3.8, 4) is 0 Å². The van der Waals surface area contributed by atoms with Gasteiger partial charge in [-0.05, 0) is 31.0 Å². The van der Waals surface area contributed by atoms with Crippen molar-refractivity contribution >= 4 is 33.2 Å². The summed E-state index contributed by atoms with van der Waals surface area (Å²) in [6, 6.07) is 4.67. The van der Waals surface area contributed by atoms with Crippen molar-refractivity contribution in [3.05, 3.63) is 33.8 Å². The van der Waals surface area contributed by atoms with E-state index in [2.05, 4.69) is 4.72 Å². The molecule has 0 unspecified atom stereocenters. The Kier molecular flexibility index (Phi) is 5.92. The lowest BCUT2D eigenvalue weighted by atomic mass is 10.1. The average Bonchev–Trinajstić information content (AvgIpc) is 2.25. The second kappa shape index (κ2) is 6.75. The molecule has 1 aromatic carbocycles. The van der Waals surface area contributed by atoms with Crippen molar-refractivity contribution in [2.24, 2.45) is 0 Å². The fourth-order valence-electron chi connectivity index (χ4n) is 1.58. The molecule has 0 spiro atoms. The third-order valence-corrected chi connectivity index (χ3v) is 4.65. The maximum atomic E-state index is 11.8. The molecule has 0 aromatic heterocycles. The maximum absolute atomic E-state index is 11.8. The molecule has 0 radical (unpaired) electrons. The lowest BCUT2D eigenvalue weighted by Gasteiger charge is -2.16. The summed E-state index contributed by atoms with van der Waals surface area (Å²) in [6.07, 6.45) is 1.49. The fourth-order valence-corrected chi connectivity index (χ4v) is 3.60. The highest BCUT2D eigenvalue weighted by Crippen LogP contribution is 2.26. The van der Waals surface area contributed by atoms with Gasteiger partial charge in [-0.15, -0.1) is 0 Å². The molecular formula is C12H17Cl2NO2S. The highest BCUT2D eigenvalue weighted by Gasteiger charge is 2.17. The zero-order valence-corrected chi connectivity index (χ0v) is 12.7. The van der Waals surface area contributed by atoms with E-state index in [0.29, 0.717) is 16.5 Å². The molecule has 3 nitrogen and oxygen atoms in total. The smallest absolute Gasteiger partial charge is 0.212 e. The number of rotatable bonds is 6. The Morgan fingerprint density at radius 1 is 1.33 bits per heavy atom. The lowest BCUT2D eigenvalue weighted by molar-refractivity contribution is 0.564. The summed E-state index contributed by atoms with van der Waals surface area (Å²) in [4.78, 5) is 0. The third kappa shape index (κ3) is 4.76. The summed E-state index contributed by atoms with van der Waals surface area (Å²) in [5.41, 5.74) is 0.723. The molecule has 0 heterocycles. The normalized spacial score (nSPS) is 13.6. The van der Waals surface area contributed by atoms with Crippen molar-refractivity contribution in [2.75, 3.05) is 5.75 Å². The third-order valence-electron chi connectivity index (χ3n) is 2.55. The van der Waals surface area contributed by atoms with Gasteiger partial charge >= 0.3 is 0 Å². The van der Waals surface area contributed by atoms with Crippen LogP contribution in [0.3, 0.4) is 0 Å². The van der Waals surface area contributed by atoms with E-state index >= 15 is 0 Å². The van der Waals surface area contributed by atoms with E-state index in [0.717, 1.165) is 12.0 Å². The zero-order valence-electron chi connectivity index (χ0n) is 10.4. The Hall–Kier alpha value is -0.290. The fraction of sp³-hybridized carbons (Fsp3) is 0.500. The van der Waals surface area contributed by atoms with Gasteiger partial charge in [0.15, 0.2) is 0 Å². The van der Waals surface area contributed by atoms with Crippen LogP contribution in [0.5, 0.6) is 0 Å². The first-order valence-corrected chi connectivity index (χ1v) is 8.21. The number of sulfonamides is 1. The molecule has 1 aromatic rings. The van der Waals surface area contributed by atoms with Gasteiger partial charge in [-0.1, -0.05) is 42.6 Å². The summed E-state index contributed by atoms with van der Waals surface area (Å²) in [7, 11) is -3.26. The first kappa shape index (κ1) is 15.8. The molecule has 0 amide bonds. The van der Waals surface area contributed by atoms with Crippen LogP contribution in [-0.2, 0) is 10.0 Å². The standard InChI is InChI=1S/C12H17Cl2NO2S/c1-3-4-7-18(16,17)15-9(2)11-6-5-10(13)8-12(11)14/h5-6,8-9,15H,3-4,7H2,1-2H3/t9-/m1/s1. The van der Waals surface area contributed by atoms with Gasteiger partial charge in [0.1, 0.15) is 0 Å². The monoisotopic (exact) mass is 309 g/mol. The summed E-state index contributed by atoms with van der Waals surface area (Å²) < 4.78 is 26.2. The molecule has 0 saturated heterocycles. The van der Waals surface area contributed by atoms with Crippen LogP contribution in [0.2, 0.25) is 10.0 Å². The van der Waals surface area contributed by atoms with Crippen molar-refractivity contribution in [2.45, 2.75) is 32.7 Å². The van der Waals surface area contributed by atoms with E-state index < -0.39 is 10.0 Å².